The average molecular weight is 373 g/mol. The van der Waals surface area contributed by atoms with E-state index >= 15 is 0 Å². The van der Waals surface area contributed by atoms with Crippen LogP contribution in [0.25, 0.3) is 0 Å². The zero-order valence-electron chi connectivity index (χ0n) is 15.6. The van der Waals surface area contributed by atoms with E-state index in [2.05, 4.69) is 27.6 Å². The Bertz CT molecular complexity index is 922. The quantitative estimate of drug-likeness (QED) is 0.646. The van der Waals surface area contributed by atoms with Crippen LogP contribution in [0.15, 0.2) is 84.2 Å². The highest BCUT2D eigenvalue weighted by molar-refractivity contribution is 6.39. The van der Waals surface area contributed by atoms with Gasteiger partial charge in [0.25, 0.3) is 5.91 Å². The number of anilines is 1. The van der Waals surface area contributed by atoms with Crippen molar-refractivity contribution in [2.45, 2.75) is 25.4 Å². The Morgan fingerprint density at radius 1 is 1.04 bits per heavy atom. The van der Waals surface area contributed by atoms with Gasteiger partial charge in [-0.2, -0.15) is 10.2 Å². The van der Waals surface area contributed by atoms with Crippen LogP contribution in [0.5, 0.6) is 0 Å². The first-order valence-electron chi connectivity index (χ1n) is 9.53. The van der Waals surface area contributed by atoms with Gasteiger partial charge in [0.1, 0.15) is 5.71 Å². The summed E-state index contributed by atoms with van der Waals surface area (Å²) in [5, 5.41) is 13.8. The maximum atomic E-state index is 12.7. The number of hydrazone groups is 1. The fourth-order valence-corrected chi connectivity index (χ4v) is 3.38. The second-order valence-electron chi connectivity index (χ2n) is 6.74. The third kappa shape index (κ3) is 4.11. The summed E-state index contributed by atoms with van der Waals surface area (Å²) in [4.78, 5) is 12.7. The van der Waals surface area contributed by atoms with E-state index in [0.29, 0.717) is 18.7 Å². The minimum atomic E-state index is -0.0974. The molecule has 0 fully saturated rings. The van der Waals surface area contributed by atoms with Crippen LogP contribution >= 0.6 is 0 Å². The fourth-order valence-electron chi connectivity index (χ4n) is 3.38. The molecule has 0 bridgehead atoms. The lowest BCUT2D eigenvalue weighted by Gasteiger charge is -2.23. The molecule has 2 heterocycles. The van der Waals surface area contributed by atoms with Gasteiger partial charge in [-0.25, -0.2) is 0 Å². The topological polar surface area (TPSA) is 62.5 Å². The van der Waals surface area contributed by atoms with E-state index in [1.54, 1.807) is 6.20 Å². The molecule has 1 aromatic heterocycles. The average Bonchev–Trinajstić information content (AvgIpc) is 3.42. The molecule has 1 amide bonds. The number of aromatic nitrogens is 2. The molecule has 6 nitrogen and oxygen atoms in total. The number of amides is 1. The number of aryl methyl sites for hydroxylation is 1. The molecule has 1 aliphatic rings. The molecule has 28 heavy (non-hydrogen) atoms. The Morgan fingerprint density at radius 3 is 2.50 bits per heavy atom. The highest BCUT2D eigenvalue weighted by atomic mass is 16.2. The van der Waals surface area contributed by atoms with Gasteiger partial charge in [-0.15, -0.1) is 0 Å². The number of nitrogens with one attached hydrogen (secondary N) is 1. The van der Waals surface area contributed by atoms with Gasteiger partial charge in [-0.05, 0) is 30.2 Å². The van der Waals surface area contributed by atoms with Gasteiger partial charge >= 0.3 is 0 Å². The first kappa shape index (κ1) is 18.0. The molecule has 3 aromatic rings. The maximum Gasteiger partial charge on any atom is 0.267 e. The van der Waals surface area contributed by atoms with Crippen LogP contribution in [0, 0.1) is 0 Å². The van der Waals surface area contributed by atoms with Crippen molar-refractivity contribution in [3.8, 4) is 0 Å². The van der Waals surface area contributed by atoms with Gasteiger partial charge in [0.05, 0.1) is 11.7 Å². The van der Waals surface area contributed by atoms with E-state index in [0.717, 1.165) is 24.2 Å². The largest absolute Gasteiger partial charge is 0.351 e. The number of nitrogens with zero attached hydrogens (tertiary/aromatic N) is 4. The minimum Gasteiger partial charge on any atom is -0.351 e. The van der Waals surface area contributed by atoms with Gasteiger partial charge in [0.2, 0.25) is 0 Å². The number of hydrogen-bond donors (Lipinski definition) is 1. The zero-order valence-corrected chi connectivity index (χ0v) is 15.6. The second kappa shape index (κ2) is 8.52. The molecule has 0 saturated heterocycles. The summed E-state index contributed by atoms with van der Waals surface area (Å²) in [7, 11) is 0. The summed E-state index contributed by atoms with van der Waals surface area (Å²) in [5.74, 6) is -0.0974. The standard InChI is InChI=1S/C22H23N5O/c28-22(23-13-7-15-26-16-8-14-24-26)20-17-21(18-9-3-1-4-10-18)27(25-20)19-11-5-2-6-12-19/h1-6,8-12,14,16,21H,7,13,15,17H2,(H,23,28)/t21-/m1/s1. The molecule has 4 rings (SSSR count). The number of rotatable bonds is 7. The lowest BCUT2D eigenvalue weighted by Crippen LogP contribution is -2.31. The molecular weight excluding hydrogens is 350 g/mol. The lowest BCUT2D eigenvalue weighted by atomic mass is 10.0. The van der Waals surface area contributed by atoms with Crippen LogP contribution in [0.2, 0.25) is 0 Å². The third-order valence-electron chi connectivity index (χ3n) is 4.79. The van der Waals surface area contributed by atoms with Crippen molar-refractivity contribution in [2.24, 2.45) is 5.10 Å². The van der Waals surface area contributed by atoms with Gasteiger partial charge in [-0.1, -0.05) is 48.5 Å². The number of carbonyl (C=O) groups excluding carboxylic acids is 1. The van der Waals surface area contributed by atoms with Crippen LogP contribution < -0.4 is 10.3 Å². The Kier molecular flexibility index (Phi) is 5.47. The summed E-state index contributed by atoms with van der Waals surface area (Å²) in [6, 6.07) is 22.1. The number of benzene rings is 2. The monoisotopic (exact) mass is 373 g/mol. The molecule has 0 radical (unpaired) electrons. The van der Waals surface area contributed by atoms with Crippen molar-refractivity contribution in [1.29, 1.82) is 0 Å². The van der Waals surface area contributed by atoms with Crippen molar-refractivity contribution in [2.75, 3.05) is 11.6 Å². The van der Waals surface area contributed by atoms with E-state index in [1.807, 2.05) is 70.5 Å². The SMILES string of the molecule is O=C(NCCCn1cccn1)C1=NN(c2ccccc2)[C@@H](c2ccccc2)C1. The number of carbonyl (C=O) groups is 1. The Labute approximate surface area is 164 Å². The van der Waals surface area contributed by atoms with Crippen LogP contribution in [-0.2, 0) is 11.3 Å². The number of para-hydroxylation sites is 1. The molecule has 1 N–H and O–H groups in total. The van der Waals surface area contributed by atoms with Crippen molar-refractivity contribution in [3.63, 3.8) is 0 Å². The van der Waals surface area contributed by atoms with Gasteiger partial charge in [-0.3, -0.25) is 14.5 Å². The zero-order chi connectivity index (χ0) is 19.2. The maximum absolute atomic E-state index is 12.7. The summed E-state index contributed by atoms with van der Waals surface area (Å²) in [5.41, 5.74) is 2.70. The van der Waals surface area contributed by atoms with E-state index in [1.165, 1.54) is 0 Å². The molecule has 2 aromatic carbocycles. The van der Waals surface area contributed by atoms with Crippen molar-refractivity contribution in [3.05, 3.63) is 84.7 Å². The smallest absolute Gasteiger partial charge is 0.267 e. The van der Waals surface area contributed by atoms with Crippen molar-refractivity contribution in [1.82, 2.24) is 15.1 Å². The molecular formula is C22H23N5O. The molecule has 0 spiro atoms. The third-order valence-corrected chi connectivity index (χ3v) is 4.79. The van der Waals surface area contributed by atoms with Crippen molar-refractivity contribution >= 4 is 17.3 Å². The van der Waals surface area contributed by atoms with E-state index in [-0.39, 0.29) is 11.9 Å². The van der Waals surface area contributed by atoms with Crippen LogP contribution in [0.3, 0.4) is 0 Å². The minimum absolute atomic E-state index is 0.0217. The predicted octanol–water partition coefficient (Wildman–Crippen LogP) is 3.40. The summed E-state index contributed by atoms with van der Waals surface area (Å²) in [6.07, 6.45) is 5.09. The molecule has 1 atom stereocenters. The molecule has 0 saturated carbocycles. The van der Waals surface area contributed by atoms with Gasteiger partial charge in [0.15, 0.2) is 0 Å². The summed E-state index contributed by atoms with van der Waals surface area (Å²) >= 11 is 0. The number of hydrogen-bond acceptors (Lipinski definition) is 4. The Balaban J connectivity index is 1.43. The Hall–Kier alpha value is -3.41. The molecule has 0 aliphatic carbocycles. The van der Waals surface area contributed by atoms with Crippen LogP contribution in [-0.4, -0.2) is 27.9 Å². The van der Waals surface area contributed by atoms with E-state index in [9.17, 15) is 4.79 Å². The highest BCUT2D eigenvalue weighted by Gasteiger charge is 2.32. The summed E-state index contributed by atoms with van der Waals surface area (Å²) < 4.78 is 1.86. The van der Waals surface area contributed by atoms with E-state index in [4.69, 9.17) is 0 Å². The van der Waals surface area contributed by atoms with Crippen LogP contribution in [0.4, 0.5) is 5.69 Å². The molecule has 6 heteroatoms. The van der Waals surface area contributed by atoms with Crippen LogP contribution in [0.1, 0.15) is 24.4 Å². The molecule has 0 unspecified atom stereocenters. The summed E-state index contributed by atoms with van der Waals surface area (Å²) in [6.45, 7) is 1.38. The lowest BCUT2D eigenvalue weighted by molar-refractivity contribution is -0.114. The molecule has 142 valence electrons. The first-order chi connectivity index (χ1) is 13.8. The van der Waals surface area contributed by atoms with E-state index < -0.39 is 0 Å². The fraction of sp³-hybridized carbons (Fsp3) is 0.227. The normalized spacial score (nSPS) is 16.1. The second-order valence-corrected chi connectivity index (χ2v) is 6.74. The van der Waals surface area contributed by atoms with Gasteiger partial charge < -0.3 is 5.32 Å². The van der Waals surface area contributed by atoms with Crippen molar-refractivity contribution < 1.29 is 4.79 Å². The predicted molar refractivity (Wildman–Crippen MR) is 110 cm³/mol. The Morgan fingerprint density at radius 2 is 1.79 bits per heavy atom. The van der Waals surface area contributed by atoms with Gasteiger partial charge in [0, 0.05) is 31.9 Å². The first-order valence-corrected chi connectivity index (χ1v) is 9.53. The highest BCUT2D eigenvalue weighted by Crippen LogP contribution is 2.34. The molecule has 1 aliphatic heterocycles.